The molecule has 1 fully saturated rings. The quantitative estimate of drug-likeness (QED) is 0.666. The molecule has 1 N–H and O–H groups in total. The van der Waals surface area contributed by atoms with Gasteiger partial charge in [-0.05, 0) is 73.6 Å². The summed E-state index contributed by atoms with van der Waals surface area (Å²) in [7, 11) is 0. The average molecular weight is 399 g/mol. The van der Waals surface area contributed by atoms with Crippen molar-refractivity contribution < 1.29 is 18.0 Å². The van der Waals surface area contributed by atoms with E-state index >= 15 is 0 Å². The van der Waals surface area contributed by atoms with Gasteiger partial charge < -0.3 is 5.32 Å². The second kappa shape index (κ2) is 7.13. The molecule has 7 heteroatoms. The largest absolute Gasteiger partial charge is 0.418 e. The third kappa shape index (κ3) is 3.95. The van der Waals surface area contributed by atoms with E-state index in [0.717, 1.165) is 18.4 Å². The van der Waals surface area contributed by atoms with Crippen molar-refractivity contribution >= 4 is 16.8 Å². The van der Waals surface area contributed by atoms with E-state index < -0.39 is 17.6 Å². The fourth-order valence-corrected chi connectivity index (χ4v) is 3.46. The summed E-state index contributed by atoms with van der Waals surface area (Å²) < 4.78 is 41.1. The Kier molecular flexibility index (Phi) is 4.76. The zero-order chi connectivity index (χ0) is 20.8. The van der Waals surface area contributed by atoms with Crippen LogP contribution in [0.25, 0.3) is 10.9 Å². The van der Waals surface area contributed by atoms with Gasteiger partial charge in [-0.3, -0.25) is 9.78 Å². The van der Waals surface area contributed by atoms with Crippen LogP contribution in [0.15, 0.2) is 36.5 Å². The predicted molar refractivity (Wildman–Crippen MR) is 104 cm³/mol. The van der Waals surface area contributed by atoms with Crippen molar-refractivity contribution in [3.05, 3.63) is 70.2 Å². The van der Waals surface area contributed by atoms with Crippen LogP contribution in [-0.4, -0.2) is 15.9 Å². The summed E-state index contributed by atoms with van der Waals surface area (Å²) in [6.45, 7) is 3.76. The lowest BCUT2D eigenvalue weighted by molar-refractivity contribution is -0.136. The van der Waals surface area contributed by atoms with E-state index in [-0.39, 0.29) is 23.7 Å². The molecule has 3 aromatic rings. The monoisotopic (exact) mass is 399 g/mol. The third-order valence-electron chi connectivity index (χ3n) is 5.26. The van der Waals surface area contributed by atoms with Gasteiger partial charge in [-0.25, -0.2) is 4.98 Å². The number of amides is 1. The Morgan fingerprint density at radius 1 is 1.17 bits per heavy atom. The number of fused-ring (bicyclic) bond motifs is 1. The Balaban J connectivity index is 1.71. The standard InChI is InChI=1S/C22H20F3N3O/c1-12-4-3-7-26-19(12)11-27-21(29)18-8-13(2)16-9-15(14-5-6-14)10-17(20(16)28-18)22(23,24)25/h3-4,7-10,14H,5-6,11H2,1-2H3,(H,27,29). The number of pyridine rings is 2. The molecule has 0 bridgehead atoms. The van der Waals surface area contributed by atoms with E-state index in [4.69, 9.17) is 0 Å². The Morgan fingerprint density at radius 2 is 1.93 bits per heavy atom. The molecule has 1 saturated carbocycles. The van der Waals surface area contributed by atoms with Gasteiger partial charge in [-0.1, -0.05) is 6.07 Å². The van der Waals surface area contributed by atoms with Gasteiger partial charge in [0.15, 0.2) is 0 Å². The second-order valence-electron chi connectivity index (χ2n) is 7.51. The number of aryl methyl sites for hydroxylation is 2. The Labute approximate surface area is 166 Å². The van der Waals surface area contributed by atoms with Crippen LogP contribution in [0.2, 0.25) is 0 Å². The molecular formula is C22H20F3N3O. The summed E-state index contributed by atoms with van der Waals surface area (Å²) in [5, 5.41) is 3.14. The minimum Gasteiger partial charge on any atom is -0.345 e. The van der Waals surface area contributed by atoms with Crippen LogP contribution in [0, 0.1) is 13.8 Å². The number of aromatic nitrogens is 2. The smallest absolute Gasteiger partial charge is 0.345 e. The molecule has 1 aliphatic carbocycles. The summed E-state index contributed by atoms with van der Waals surface area (Å²) in [6, 6.07) is 8.18. The van der Waals surface area contributed by atoms with Gasteiger partial charge in [0.2, 0.25) is 0 Å². The molecule has 2 heterocycles. The maximum absolute atomic E-state index is 13.7. The van der Waals surface area contributed by atoms with Crippen molar-refractivity contribution in [3.63, 3.8) is 0 Å². The molecule has 29 heavy (non-hydrogen) atoms. The lowest BCUT2D eigenvalue weighted by atomic mass is 9.98. The predicted octanol–water partition coefficient (Wildman–Crippen LogP) is 5.07. The molecule has 150 valence electrons. The maximum Gasteiger partial charge on any atom is 0.418 e. The van der Waals surface area contributed by atoms with E-state index in [0.29, 0.717) is 22.2 Å². The topological polar surface area (TPSA) is 54.9 Å². The summed E-state index contributed by atoms with van der Waals surface area (Å²) >= 11 is 0. The van der Waals surface area contributed by atoms with E-state index in [1.807, 2.05) is 13.0 Å². The van der Waals surface area contributed by atoms with E-state index in [1.54, 1.807) is 31.3 Å². The maximum atomic E-state index is 13.7. The molecule has 0 aliphatic heterocycles. The number of alkyl halides is 3. The first-order chi connectivity index (χ1) is 13.7. The molecule has 0 unspecified atom stereocenters. The number of hydrogen-bond acceptors (Lipinski definition) is 3. The van der Waals surface area contributed by atoms with E-state index in [9.17, 15) is 18.0 Å². The minimum atomic E-state index is -4.54. The Hall–Kier alpha value is -2.96. The third-order valence-corrected chi connectivity index (χ3v) is 5.26. The molecule has 1 amide bonds. The van der Waals surface area contributed by atoms with Gasteiger partial charge in [-0.2, -0.15) is 13.2 Å². The van der Waals surface area contributed by atoms with Crippen molar-refractivity contribution in [3.8, 4) is 0 Å². The molecule has 4 nitrogen and oxygen atoms in total. The van der Waals surface area contributed by atoms with Gasteiger partial charge in [-0.15, -0.1) is 0 Å². The Bertz CT molecular complexity index is 1100. The lowest BCUT2D eigenvalue weighted by Crippen LogP contribution is -2.25. The van der Waals surface area contributed by atoms with E-state index in [2.05, 4.69) is 15.3 Å². The first kappa shape index (κ1) is 19.4. The number of nitrogens with zero attached hydrogens (tertiary/aromatic N) is 2. The van der Waals surface area contributed by atoms with Crippen LogP contribution in [0.1, 0.15) is 57.2 Å². The zero-order valence-corrected chi connectivity index (χ0v) is 16.1. The van der Waals surface area contributed by atoms with Crippen molar-refractivity contribution in [1.29, 1.82) is 0 Å². The number of nitrogens with one attached hydrogen (secondary N) is 1. The minimum absolute atomic E-state index is 0.0340. The van der Waals surface area contributed by atoms with E-state index in [1.165, 1.54) is 6.07 Å². The fraction of sp³-hybridized carbons (Fsp3) is 0.318. The normalized spacial score (nSPS) is 14.2. The number of rotatable bonds is 4. The number of carbonyl (C=O) groups excluding carboxylic acids is 1. The second-order valence-corrected chi connectivity index (χ2v) is 7.51. The van der Waals surface area contributed by atoms with Crippen LogP contribution in [0.5, 0.6) is 0 Å². The van der Waals surface area contributed by atoms with Crippen molar-refractivity contribution in [2.45, 2.75) is 45.3 Å². The van der Waals surface area contributed by atoms with Crippen LogP contribution >= 0.6 is 0 Å². The van der Waals surface area contributed by atoms with Crippen LogP contribution in [-0.2, 0) is 12.7 Å². The molecule has 1 aliphatic rings. The molecular weight excluding hydrogens is 379 g/mol. The van der Waals surface area contributed by atoms with Gasteiger partial charge >= 0.3 is 6.18 Å². The summed E-state index contributed by atoms with van der Waals surface area (Å²) in [5.74, 6) is -0.344. The average Bonchev–Trinajstić information content (AvgIpc) is 3.51. The number of halogens is 3. The molecule has 0 spiro atoms. The fourth-order valence-electron chi connectivity index (χ4n) is 3.46. The summed E-state index contributed by atoms with van der Waals surface area (Å²) in [4.78, 5) is 20.9. The van der Waals surface area contributed by atoms with Gasteiger partial charge in [0.1, 0.15) is 5.69 Å². The highest BCUT2D eigenvalue weighted by Crippen LogP contribution is 2.44. The first-order valence-corrected chi connectivity index (χ1v) is 9.45. The number of benzene rings is 1. The highest BCUT2D eigenvalue weighted by Gasteiger charge is 2.36. The molecule has 4 rings (SSSR count). The number of carbonyl (C=O) groups is 1. The molecule has 0 saturated heterocycles. The summed E-state index contributed by atoms with van der Waals surface area (Å²) in [5.41, 5.74) is 1.91. The molecule has 0 atom stereocenters. The highest BCUT2D eigenvalue weighted by molar-refractivity contribution is 5.97. The molecule has 0 radical (unpaired) electrons. The zero-order valence-electron chi connectivity index (χ0n) is 16.1. The van der Waals surface area contributed by atoms with Crippen molar-refractivity contribution in [1.82, 2.24) is 15.3 Å². The number of hydrogen-bond donors (Lipinski definition) is 1. The van der Waals surface area contributed by atoms with Crippen LogP contribution in [0.3, 0.4) is 0 Å². The van der Waals surface area contributed by atoms with Gasteiger partial charge in [0.25, 0.3) is 5.91 Å². The summed E-state index contributed by atoms with van der Waals surface area (Å²) in [6.07, 6.45) is -1.10. The van der Waals surface area contributed by atoms with Crippen molar-refractivity contribution in [2.75, 3.05) is 0 Å². The Morgan fingerprint density at radius 3 is 2.59 bits per heavy atom. The lowest BCUT2D eigenvalue weighted by Gasteiger charge is -2.15. The highest BCUT2D eigenvalue weighted by atomic mass is 19.4. The molecule has 1 aromatic carbocycles. The van der Waals surface area contributed by atoms with Crippen molar-refractivity contribution in [2.24, 2.45) is 0 Å². The van der Waals surface area contributed by atoms with Gasteiger partial charge in [0, 0.05) is 11.6 Å². The molecule has 2 aromatic heterocycles. The van der Waals surface area contributed by atoms with Crippen LogP contribution in [0.4, 0.5) is 13.2 Å². The van der Waals surface area contributed by atoms with Gasteiger partial charge in [0.05, 0.1) is 23.3 Å². The first-order valence-electron chi connectivity index (χ1n) is 9.45. The SMILES string of the molecule is Cc1cccnc1CNC(=O)c1cc(C)c2cc(C3CC3)cc(C(F)(F)F)c2n1. The van der Waals surface area contributed by atoms with Crippen LogP contribution < -0.4 is 5.32 Å².